The van der Waals surface area contributed by atoms with E-state index in [0.29, 0.717) is 34.0 Å². The van der Waals surface area contributed by atoms with Gasteiger partial charge in [-0.05, 0) is 96.8 Å². The first kappa shape index (κ1) is 35.7. The molecule has 4 aromatic rings. The zero-order valence-corrected chi connectivity index (χ0v) is 28.8. The summed E-state index contributed by atoms with van der Waals surface area (Å²) in [7, 11) is -2.19. The van der Waals surface area contributed by atoms with Crippen molar-refractivity contribution < 1.29 is 67.1 Å². The summed E-state index contributed by atoms with van der Waals surface area (Å²) in [5.74, 6) is 0.0467. The Morgan fingerprint density at radius 1 is 0.636 bits per heavy atom. The normalized spacial score (nSPS) is 10.8. The Morgan fingerprint density at radius 2 is 1.00 bits per heavy atom. The molecule has 0 amide bonds. The van der Waals surface area contributed by atoms with Gasteiger partial charge in [0, 0.05) is 34.0 Å². The van der Waals surface area contributed by atoms with E-state index < -0.39 is 7.82 Å². The van der Waals surface area contributed by atoms with Crippen LogP contribution in [0.15, 0.2) is 84.9 Å². The molecule has 0 spiro atoms. The first-order valence-corrected chi connectivity index (χ1v) is 15.4. The summed E-state index contributed by atoms with van der Waals surface area (Å²) >= 11 is 11.8. The van der Waals surface area contributed by atoms with Gasteiger partial charge in [-0.15, -0.1) is 0 Å². The number of hydrogen-bond donors (Lipinski definition) is 0. The van der Waals surface area contributed by atoms with E-state index in [1.54, 1.807) is 72.8 Å². The van der Waals surface area contributed by atoms with Crippen molar-refractivity contribution in [1.29, 1.82) is 0 Å². The molecule has 12 heteroatoms. The summed E-state index contributed by atoms with van der Waals surface area (Å²) in [5, 5.41) is 1.09. The molecule has 0 saturated heterocycles. The number of phosphoric ester groups is 1. The van der Waals surface area contributed by atoms with Crippen LogP contribution in [-0.4, -0.2) is 25.8 Å². The number of benzene rings is 4. The van der Waals surface area contributed by atoms with Gasteiger partial charge in [-0.3, -0.25) is 9.59 Å². The number of methoxy groups -OCH3 is 2. The zero-order valence-electron chi connectivity index (χ0n) is 24.4. The van der Waals surface area contributed by atoms with Crippen LogP contribution in [0.4, 0.5) is 0 Å². The summed E-state index contributed by atoms with van der Waals surface area (Å²) in [6, 6.07) is 22.7. The van der Waals surface area contributed by atoms with Crippen molar-refractivity contribution in [2.24, 2.45) is 0 Å². The predicted molar refractivity (Wildman–Crippen MR) is 163 cm³/mol. The van der Waals surface area contributed by atoms with Gasteiger partial charge in [0.1, 0.15) is 0 Å². The molecule has 0 saturated carbocycles. The molecule has 0 atom stereocenters. The Balaban J connectivity index is 0.00000529. The molecule has 0 aliphatic rings. The van der Waals surface area contributed by atoms with Crippen LogP contribution in [0.3, 0.4) is 0 Å². The molecule has 4 aromatic carbocycles. The third kappa shape index (κ3) is 10.1. The van der Waals surface area contributed by atoms with Crippen molar-refractivity contribution in [3.8, 4) is 23.0 Å². The molecule has 0 aromatic heterocycles. The first-order valence-electron chi connectivity index (χ1n) is 13.2. The predicted octanol–water partition coefficient (Wildman–Crippen LogP) is 4.57. The van der Waals surface area contributed by atoms with Gasteiger partial charge in [0.2, 0.25) is 0 Å². The van der Waals surface area contributed by atoms with Crippen LogP contribution in [0.25, 0.3) is 0 Å². The Labute approximate surface area is 288 Å². The second kappa shape index (κ2) is 16.5. The van der Waals surface area contributed by atoms with Gasteiger partial charge in [0.05, 0.1) is 14.2 Å². The van der Waals surface area contributed by atoms with E-state index in [9.17, 15) is 19.0 Å². The molecule has 0 unspecified atom stereocenters. The van der Waals surface area contributed by atoms with Gasteiger partial charge < -0.3 is 23.4 Å². The molecular formula is C32H28Cl2NaO8P. The van der Waals surface area contributed by atoms with E-state index in [0.717, 1.165) is 11.1 Å². The number of carbonyl (C=O) groups excluding carboxylic acids is 2. The number of Topliss-reactive ketones (excluding diaryl/α,β-unsaturated/α-hetero) is 2. The molecule has 0 aliphatic heterocycles. The Morgan fingerprint density at radius 3 is 1.34 bits per heavy atom. The van der Waals surface area contributed by atoms with Crippen LogP contribution in [0, 0.1) is 0 Å². The van der Waals surface area contributed by atoms with Crippen molar-refractivity contribution in [2.75, 3.05) is 14.2 Å². The molecule has 44 heavy (non-hydrogen) atoms. The smallest absolute Gasteiger partial charge is 0.736 e. The molecule has 4 rings (SSSR count). The van der Waals surface area contributed by atoms with Gasteiger partial charge in [-0.25, -0.2) is 4.57 Å². The standard InChI is InChI=1S/C32H29Cl2O8P.Na/c1-39-31-19-21(3-15-27(35)23-7-11-25(33)12-8-23)5-17-29(31)41-43(37,38)42-30-18-6-22(20-32(30)40-2)4-16-28(36)24-9-13-26(34)14-10-24;/h5-14,17-20H,3-4,15-16H2,1-2H3,(H,37,38);/q;+1/p-1. The maximum absolute atomic E-state index is 12.8. The summed E-state index contributed by atoms with van der Waals surface area (Å²) in [5.41, 5.74) is 2.60. The van der Waals surface area contributed by atoms with E-state index in [1.807, 2.05) is 0 Å². The first-order chi connectivity index (χ1) is 20.6. The number of ketones is 2. The Bertz CT molecular complexity index is 1530. The minimum atomic E-state index is -4.94. The maximum atomic E-state index is 12.8. The Hall–Kier alpha value is -2.81. The van der Waals surface area contributed by atoms with E-state index >= 15 is 0 Å². The summed E-state index contributed by atoms with van der Waals surface area (Å²) in [6.45, 7) is 0. The number of carbonyl (C=O) groups is 2. The van der Waals surface area contributed by atoms with E-state index in [-0.39, 0.29) is 77.0 Å². The monoisotopic (exact) mass is 664 g/mol. The van der Waals surface area contributed by atoms with Gasteiger partial charge in [-0.1, -0.05) is 35.3 Å². The van der Waals surface area contributed by atoms with Gasteiger partial charge in [-0.2, -0.15) is 0 Å². The maximum Gasteiger partial charge on any atom is 1.00 e. The molecule has 0 aliphatic carbocycles. The van der Waals surface area contributed by atoms with Gasteiger partial charge >= 0.3 is 37.4 Å². The summed E-state index contributed by atoms with van der Waals surface area (Å²) in [4.78, 5) is 37.8. The SMILES string of the molecule is COc1cc(CCC(=O)c2ccc(Cl)cc2)ccc1OP(=O)([O-])Oc1ccc(CCC(=O)c2ccc(Cl)cc2)cc1OC.[Na+]. The van der Waals surface area contributed by atoms with Crippen LogP contribution < -0.4 is 53.0 Å². The quantitative estimate of drug-likeness (QED) is 0.110. The molecule has 0 fully saturated rings. The second-order valence-electron chi connectivity index (χ2n) is 9.46. The molecule has 0 N–H and O–H groups in total. The van der Waals surface area contributed by atoms with Crippen molar-refractivity contribution in [1.82, 2.24) is 0 Å². The zero-order chi connectivity index (χ0) is 31.0. The molecule has 0 radical (unpaired) electrons. The number of aryl methyl sites for hydroxylation is 2. The molecule has 224 valence electrons. The molecular weight excluding hydrogens is 637 g/mol. The third-order valence-electron chi connectivity index (χ3n) is 6.49. The fraction of sp³-hybridized carbons (Fsp3) is 0.188. The van der Waals surface area contributed by atoms with Gasteiger partial charge in [0.25, 0.3) is 0 Å². The fourth-order valence-corrected chi connectivity index (χ4v) is 5.29. The number of ether oxygens (including phenoxy) is 2. The largest absolute Gasteiger partial charge is 1.00 e. The minimum Gasteiger partial charge on any atom is -0.736 e. The Kier molecular flexibility index (Phi) is 13.4. The van der Waals surface area contributed by atoms with E-state index in [1.165, 1.54) is 26.4 Å². The average Bonchev–Trinajstić information content (AvgIpc) is 3.00. The topological polar surface area (TPSA) is 111 Å². The number of rotatable bonds is 14. The molecule has 0 heterocycles. The average molecular weight is 665 g/mol. The number of halogens is 2. The fourth-order valence-electron chi connectivity index (χ4n) is 4.22. The van der Waals surface area contributed by atoms with Crippen LogP contribution in [0.2, 0.25) is 10.0 Å². The van der Waals surface area contributed by atoms with Crippen molar-refractivity contribution in [3.05, 3.63) is 117 Å². The summed E-state index contributed by atoms with van der Waals surface area (Å²) < 4.78 is 33.9. The minimum absolute atomic E-state index is 0. The van der Waals surface area contributed by atoms with Crippen LogP contribution in [-0.2, 0) is 17.4 Å². The van der Waals surface area contributed by atoms with E-state index in [2.05, 4.69) is 0 Å². The van der Waals surface area contributed by atoms with Crippen molar-refractivity contribution in [2.45, 2.75) is 25.7 Å². The van der Waals surface area contributed by atoms with Crippen LogP contribution >= 0.6 is 31.0 Å². The van der Waals surface area contributed by atoms with Crippen LogP contribution in [0.1, 0.15) is 44.7 Å². The van der Waals surface area contributed by atoms with Crippen molar-refractivity contribution >= 4 is 42.6 Å². The molecule has 0 bridgehead atoms. The van der Waals surface area contributed by atoms with Gasteiger partial charge in [0.15, 0.2) is 34.6 Å². The molecule has 8 nitrogen and oxygen atoms in total. The van der Waals surface area contributed by atoms with Crippen LogP contribution in [0.5, 0.6) is 23.0 Å². The second-order valence-corrected chi connectivity index (χ2v) is 11.6. The van der Waals surface area contributed by atoms with Crippen molar-refractivity contribution in [3.63, 3.8) is 0 Å². The summed E-state index contributed by atoms with van der Waals surface area (Å²) in [6.07, 6.45) is 1.27. The third-order valence-corrected chi connectivity index (χ3v) is 7.83. The number of hydrogen-bond acceptors (Lipinski definition) is 8. The number of phosphoric acid groups is 1. The van der Waals surface area contributed by atoms with E-state index in [4.69, 9.17) is 41.7 Å².